The Morgan fingerprint density at radius 2 is 1.72 bits per heavy atom. The van der Waals surface area contributed by atoms with Crippen LogP contribution in [-0.4, -0.2) is 83.6 Å². The highest BCUT2D eigenvalue weighted by molar-refractivity contribution is 6.04. The van der Waals surface area contributed by atoms with Gasteiger partial charge in [-0.05, 0) is 74.8 Å². The van der Waals surface area contributed by atoms with Crippen LogP contribution in [0, 0.1) is 18.6 Å². The number of hydrogen-bond acceptors (Lipinski definition) is 7. The number of H-pyrrole nitrogens is 1. The molecular weight excluding hydrogens is 610 g/mol. The second-order valence-corrected chi connectivity index (χ2v) is 11.0. The van der Waals surface area contributed by atoms with Crippen LogP contribution < -0.4 is 15.4 Å². The number of nitrogens with one attached hydrogen (secondary N) is 3. The number of hydrogen-bond donors (Lipinski definition) is 3. The third kappa shape index (κ3) is 8.70. The first-order valence-electron chi connectivity index (χ1n) is 15.3. The lowest BCUT2D eigenvalue weighted by molar-refractivity contribution is 0.0788. The standard InChI is InChI=1S/C34H36F2N6O5/c1-3-46-34(45)42-15-13-41(14-16-42)12-4-10-38-32(43)24-18-29(39-21-24)30-20-25(9-11-37-30)47-31-19-23(6-8-27(31)36)33(44)40-28-17-22(2)5-7-26(28)35/h5-9,11,17-21,39H,3-4,10,12-16H2,1-2H3,(H,38,43)(H,40,44). The molecule has 5 rings (SSSR count). The second kappa shape index (κ2) is 15.3. The van der Waals surface area contributed by atoms with Crippen LogP contribution in [0.2, 0.25) is 0 Å². The first kappa shape index (κ1) is 33.1. The molecule has 0 radical (unpaired) electrons. The van der Waals surface area contributed by atoms with Gasteiger partial charge in [0.15, 0.2) is 11.6 Å². The van der Waals surface area contributed by atoms with E-state index in [1.165, 1.54) is 36.5 Å². The maximum atomic E-state index is 14.7. The van der Waals surface area contributed by atoms with Gasteiger partial charge in [-0.15, -0.1) is 0 Å². The summed E-state index contributed by atoms with van der Waals surface area (Å²) in [5.41, 5.74) is 2.28. The van der Waals surface area contributed by atoms with Gasteiger partial charge in [-0.3, -0.25) is 19.5 Å². The molecule has 1 aliphatic rings. The zero-order valence-corrected chi connectivity index (χ0v) is 26.1. The molecule has 3 amide bonds. The minimum Gasteiger partial charge on any atom is -0.454 e. The number of piperazine rings is 1. The number of aromatic nitrogens is 2. The Labute approximate surface area is 270 Å². The smallest absolute Gasteiger partial charge is 0.409 e. The number of amides is 3. The Kier molecular flexibility index (Phi) is 10.8. The maximum Gasteiger partial charge on any atom is 0.409 e. The van der Waals surface area contributed by atoms with E-state index in [0.29, 0.717) is 43.2 Å². The molecule has 13 heteroatoms. The van der Waals surface area contributed by atoms with Crippen LogP contribution in [0.1, 0.15) is 39.6 Å². The molecule has 47 heavy (non-hydrogen) atoms. The summed E-state index contributed by atoms with van der Waals surface area (Å²) in [4.78, 5) is 48.7. The predicted molar refractivity (Wildman–Crippen MR) is 172 cm³/mol. The molecule has 0 atom stereocenters. The average molecular weight is 647 g/mol. The number of rotatable bonds is 11. The highest BCUT2D eigenvalue weighted by atomic mass is 19.1. The van der Waals surface area contributed by atoms with Gasteiger partial charge in [-0.1, -0.05) is 6.07 Å². The lowest BCUT2D eigenvalue weighted by atomic mass is 10.1. The van der Waals surface area contributed by atoms with Crippen molar-refractivity contribution in [2.24, 2.45) is 0 Å². The van der Waals surface area contributed by atoms with Gasteiger partial charge in [-0.25, -0.2) is 13.6 Å². The van der Waals surface area contributed by atoms with E-state index in [2.05, 4.69) is 25.5 Å². The molecular formula is C34H36F2N6O5. The summed E-state index contributed by atoms with van der Waals surface area (Å²) in [6.45, 7) is 7.95. The molecule has 2 aromatic carbocycles. The molecule has 246 valence electrons. The van der Waals surface area contributed by atoms with Gasteiger partial charge in [0.2, 0.25) is 0 Å². The van der Waals surface area contributed by atoms with Crippen molar-refractivity contribution in [3.05, 3.63) is 95.3 Å². The third-order valence-corrected chi connectivity index (χ3v) is 7.58. The Bertz CT molecular complexity index is 1740. The van der Waals surface area contributed by atoms with Gasteiger partial charge < -0.3 is 30.0 Å². The number of aryl methyl sites for hydroxylation is 1. The van der Waals surface area contributed by atoms with Crippen molar-refractivity contribution >= 4 is 23.6 Å². The number of pyridine rings is 1. The van der Waals surface area contributed by atoms with E-state index < -0.39 is 17.5 Å². The first-order chi connectivity index (χ1) is 22.7. The molecule has 0 spiro atoms. The SMILES string of the molecule is CCOC(=O)N1CCN(CCCNC(=O)c2c[nH]c(-c3cc(Oc4cc(C(=O)Nc5cc(C)ccc5F)ccc4F)ccn3)c2)CC1. The number of halogens is 2. The summed E-state index contributed by atoms with van der Waals surface area (Å²) >= 11 is 0. The number of benzene rings is 2. The Hall–Kier alpha value is -5.30. The Morgan fingerprint density at radius 1 is 0.936 bits per heavy atom. The van der Waals surface area contributed by atoms with Gasteiger partial charge in [0.05, 0.1) is 29.2 Å². The highest BCUT2D eigenvalue weighted by Crippen LogP contribution is 2.29. The fourth-order valence-electron chi connectivity index (χ4n) is 5.05. The van der Waals surface area contributed by atoms with Crippen LogP contribution in [0.25, 0.3) is 11.4 Å². The number of ether oxygens (including phenoxy) is 2. The lowest BCUT2D eigenvalue weighted by Crippen LogP contribution is -2.49. The topological polar surface area (TPSA) is 129 Å². The minimum atomic E-state index is -0.695. The fraction of sp³-hybridized carbons (Fsp3) is 0.294. The quantitative estimate of drug-likeness (QED) is 0.181. The van der Waals surface area contributed by atoms with Crippen LogP contribution >= 0.6 is 0 Å². The normalized spacial score (nSPS) is 13.2. The van der Waals surface area contributed by atoms with Crippen molar-refractivity contribution in [2.45, 2.75) is 20.3 Å². The van der Waals surface area contributed by atoms with Crippen LogP contribution in [0.4, 0.5) is 19.3 Å². The monoisotopic (exact) mass is 646 g/mol. The number of carbonyl (C=O) groups excluding carboxylic acids is 3. The molecule has 4 aromatic rings. The second-order valence-electron chi connectivity index (χ2n) is 11.0. The molecule has 1 fully saturated rings. The number of anilines is 1. The zero-order valence-electron chi connectivity index (χ0n) is 26.1. The molecule has 3 heterocycles. The minimum absolute atomic E-state index is 0.0159. The largest absolute Gasteiger partial charge is 0.454 e. The molecule has 1 saturated heterocycles. The number of carbonyl (C=O) groups is 3. The molecule has 0 bridgehead atoms. The summed E-state index contributed by atoms with van der Waals surface area (Å²) < 4.78 is 39.6. The zero-order chi connectivity index (χ0) is 33.3. The summed E-state index contributed by atoms with van der Waals surface area (Å²) in [6.07, 6.45) is 3.53. The van der Waals surface area contributed by atoms with E-state index >= 15 is 0 Å². The van der Waals surface area contributed by atoms with E-state index in [1.54, 1.807) is 43.1 Å². The van der Waals surface area contributed by atoms with Crippen LogP contribution in [0.5, 0.6) is 11.5 Å². The van der Waals surface area contributed by atoms with Crippen molar-refractivity contribution in [1.29, 1.82) is 0 Å². The van der Waals surface area contributed by atoms with E-state index in [1.807, 2.05) is 0 Å². The van der Waals surface area contributed by atoms with Crippen LogP contribution in [0.15, 0.2) is 67.0 Å². The Morgan fingerprint density at radius 3 is 2.51 bits per heavy atom. The van der Waals surface area contributed by atoms with Crippen molar-refractivity contribution in [3.63, 3.8) is 0 Å². The van der Waals surface area contributed by atoms with Gasteiger partial charge in [0, 0.05) is 56.7 Å². The third-order valence-electron chi connectivity index (χ3n) is 7.58. The summed E-state index contributed by atoms with van der Waals surface area (Å²) in [5.74, 6) is -2.10. The number of aromatic amines is 1. The van der Waals surface area contributed by atoms with Crippen molar-refractivity contribution in [1.82, 2.24) is 25.1 Å². The molecule has 0 saturated carbocycles. The van der Waals surface area contributed by atoms with Crippen molar-refractivity contribution in [3.8, 4) is 22.9 Å². The van der Waals surface area contributed by atoms with E-state index in [-0.39, 0.29) is 34.8 Å². The summed E-state index contributed by atoms with van der Waals surface area (Å²) in [6, 6.07) is 12.7. The molecule has 11 nitrogen and oxygen atoms in total. The van der Waals surface area contributed by atoms with Gasteiger partial charge in [-0.2, -0.15) is 0 Å². The molecule has 0 unspecified atom stereocenters. The average Bonchev–Trinajstić information content (AvgIpc) is 3.57. The molecule has 1 aliphatic heterocycles. The van der Waals surface area contributed by atoms with Gasteiger partial charge in [0.1, 0.15) is 11.6 Å². The Balaban J connectivity index is 1.14. The highest BCUT2D eigenvalue weighted by Gasteiger charge is 2.21. The summed E-state index contributed by atoms with van der Waals surface area (Å²) in [5, 5.41) is 5.42. The first-order valence-corrected chi connectivity index (χ1v) is 15.3. The summed E-state index contributed by atoms with van der Waals surface area (Å²) in [7, 11) is 0. The van der Waals surface area contributed by atoms with Gasteiger partial charge in [0.25, 0.3) is 11.8 Å². The molecule has 3 N–H and O–H groups in total. The van der Waals surface area contributed by atoms with Crippen molar-refractivity contribution in [2.75, 3.05) is 51.2 Å². The lowest BCUT2D eigenvalue weighted by Gasteiger charge is -2.33. The van der Waals surface area contributed by atoms with Crippen LogP contribution in [0.3, 0.4) is 0 Å². The van der Waals surface area contributed by atoms with Gasteiger partial charge >= 0.3 is 6.09 Å². The predicted octanol–water partition coefficient (Wildman–Crippen LogP) is 5.60. The maximum absolute atomic E-state index is 14.7. The number of nitrogens with zero attached hydrogens (tertiary/aromatic N) is 3. The van der Waals surface area contributed by atoms with E-state index in [9.17, 15) is 23.2 Å². The fourth-order valence-corrected chi connectivity index (χ4v) is 5.05. The van der Waals surface area contributed by atoms with Crippen molar-refractivity contribution < 1.29 is 32.6 Å². The van der Waals surface area contributed by atoms with Crippen LogP contribution in [-0.2, 0) is 4.74 Å². The molecule has 0 aliphatic carbocycles. The van der Waals surface area contributed by atoms with E-state index in [4.69, 9.17) is 9.47 Å². The van der Waals surface area contributed by atoms with E-state index in [0.717, 1.165) is 37.7 Å². The molecule has 2 aromatic heterocycles.